The number of pyridine rings is 1. The molecule has 0 aliphatic carbocycles. The molecule has 1 rings (SSSR count). The number of esters is 1. The van der Waals surface area contributed by atoms with Crippen LogP contribution in [0, 0.1) is 0 Å². The van der Waals surface area contributed by atoms with Crippen LogP contribution in [-0.2, 0) is 24.0 Å². The van der Waals surface area contributed by atoms with E-state index in [1.54, 1.807) is 0 Å². The topological polar surface area (TPSA) is 39.2 Å². The van der Waals surface area contributed by atoms with Gasteiger partial charge in [0.05, 0.1) is 17.9 Å². The van der Waals surface area contributed by atoms with Gasteiger partial charge in [-0.3, -0.25) is 4.98 Å². The molecule has 0 N–H and O–H groups in total. The van der Waals surface area contributed by atoms with Gasteiger partial charge in [0.2, 0.25) is 0 Å². The number of rotatable bonds is 7. The van der Waals surface area contributed by atoms with Gasteiger partial charge in [-0.15, -0.1) is 0 Å². The lowest BCUT2D eigenvalue weighted by Crippen LogP contribution is -2.13. The number of hydrogen-bond acceptors (Lipinski definition) is 3. The van der Waals surface area contributed by atoms with Crippen molar-refractivity contribution in [1.82, 2.24) is 4.98 Å². The quantitative estimate of drug-likeness (QED) is 0.704. The maximum absolute atomic E-state index is 12.0. The molecule has 0 saturated heterocycles. The molecule has 0 aromatic carbocycles. The van der Waals surface area contributed by atoms with E-state index in [0.717, 1.165) is 43.5 Å². The van der Waals surface area contributed by atoms with Crippen LogP contribution in [0.3, 0.4) is 0 Å². The van der Waals surface area contributed by atoms with Gasteiger partial charge in [-0.05, 0) is 37.8 Å². The monoisotopic (exact) mass is 263 g/mol. The summed E-state index contributed by atoms with van der Waals surface area (Å²) in [5.41, 5.74) is 3.85. The minimum Gasteiger partial charge on any atom is -0.462 e. The van der Waals surface area contributed by atoms with Gasteiger partial charge in [0.1, 0.15) is 0 Å². The van der Waals surface area contributed by atoms with Crippen molar-refractivity contribution in [2.24, 2.45) is 0 Å². The van der Waals surface area contributed by atoms with E-state index in [4.69, 9.17) is 9.72 Å². The molecule has 0 spiro atoms. The van der Waals surface area contributed by atoms with Gasteiger partial charge in [0.15, 0.2) is 0 Å². The molecule has 3 heteroatoms. The van der Waals surface area contributed by atoms with Crippen molar-refractivity contribution >= 4 is 5.97 Å². The highest BCUT2D eigenvalue weighted by Gasteiger charge is 2.16. The second-order valence-electron chi connectivity index (χ2n) is 4.66. The normalized spacial score (nSPS) is 10.5. The Morgan fingerprint density at radius 1 is 1.11 bits per heavy atom. The Morgan fingerprint density at radius 2 is 1.74 bits per heavy atom. The van der Waals surface area contributed by atoms with Gasteiger partial charge < -0.3 is 4.74 Å². The molecule has 3 nitrogen and oxygen atoms in total. The van der Waals surface area contributed by atoms with Crippen molar-refractivity contribution < 1.29 is 9.53 Å². The Morgan fingerprint density at radius 3 is 2.26 bits per heavy atom. The van der Waals surface area contributed by atoms with E-state index in [1.807, 2.05) is 13.0 Å². The predicted octanol–water partition coefficient (Wildman–Crippen LogP) is 3.73. The van der Waals surface area contributed by atoms with Crippen molar-refractivity contribution in [2.75, 3.05) is 6.61 Å². The molecular formula is C16H25NO2. The van der Waals surface area contributed by atoms with Crippen LogP contribution in [0.25, 0.3) is 0 Å². The standard InChI is InChI=1S/C16H25NO2/c1-5-9-14-12(7-3)11-13(16(18)19-8-4)15(17-14)10-6-2/h11H,5-10H2,1-4H3. The Hall–Kier alpha value is -1.38. The zero-order valence-corrected chi connectivity index (χ0v) is 12.6. The number of carbonyl (C=O) groups is 1. The van der Waals surface area contributed by atoms with Crippen molar-refractivity contribution in [3.63, 3.8) is 0 Å². The maximum Gasteiger partial charge on any atom is 0.339 e. The number of aryl methyl sites for hydroxylation is 3. The van der Waals surface area contributed by atoms with Crippen LogP contribution >= 0.6 is 0 Å². The summed E-state index contributed by atoms with van der Waals surface area (Å²) in [6.07, 6.45) is 4.76. The Labute approximate surface area is 116 Å². The summed E-state index contributed by atoms with van der Waals surface area (Å²) < 4.78 is 5.14. The van der Waals surface area contributed by atoms with E-state index >= 15 is 0 Å². The van der Waals surface area contributed by atoms with Crippen LogP contribution in [0.4, 0.5) is 0 Å². The first-order valence-corrected chi connectivity index (χ1v) is 7.36. The fraction of sp³-hybridized carbons (Fsp3) is 0.625. The van der Waals surface area contributed by atoms with Crippen LogP contribution in [0.1, 0.15) is 67.8 Å². The lowest BCUT2D eigenvalue weighted by molar-refractivity contribution is 0.0524. The molecule has 0 fully saturated rings. The second kappa shape index (κ2) is 7.93. The third-order valence-corrected chi connectivity index (χ3v) is 3.12. The first-order chi connectivity index (χ1) is 9.17. The minimum atomic E-state index is -0.240. The molecule has 106 valence electrons. The van der Waals surface area contributed by atoms with E-state index < -0.39 is 0 Å². The summed E-state index contributed by atoms with van der Waals surface area (Å²) in [5.74, 6) is -0.240. The van der Waals surface area contributed by atoms with E-state index in [0.29, 0.717) is 12.2 Å². The summed E-state index contributed by atoms with van der Waals surface area (Å²) in [6, 6.07) is 1.99. The smallest absolute Gasteiger partial charge is 0.339 e. The maximum atomic E-state index is 12.0. The number of hydrogen-bond donors (Lipinski definition) is 0. The largest absolute Gasteiger partial charge is 0.462 e. The first kappa shape index (κ1) is 15.7. The molecular weight excluding hydrogens is 238 g/mol. The average Bonchev–Trinajstić information content (AvgIpc) is 2.40. The van der Waals surface area contributed by atoms with Crippen LogP contribution in [0.5, 0.6) is 0 Å². The van der Waals surface area contributed by atoms with Gasteiger partial charge in [0.25, 0.3) is 0 Å². The molecule has 1 aromatic heterocycles. The van der Waals surface area contributed by atoms with Gasteiger partial charge >= 0.3 is 5.97 Å². The lowest BCUT2D eigenvalue weighted by Gasteiger charge is -2.13. The van der Waals surface area contributed by atoms with Crippen LogP contribution < -0.4 is 0 Å². The highest BCUT2D eigenvalue weighted by atomic mass is 16.5. The van der Waals surface area contributed by atoms with Crippen molar-refractivity contribution in [2.45, 2.75) is 59.8 Å². The first-order valence-electron chi connectivity index (χ1n) is 7.36. The third-order valence-electron chi connectivity index (χ3n) is 3.12. The predicted molar refractivity (Wildman–Crippen MR) is 77.6 cm³/mol. The van der Waals surface area contributed by atoms with Gasteiger partial charge in [0, 0.05) is 5.69 Å². The summed E-state index contributed by atoms with van der Waals surface area (Å²) in [6.45, 7) is 8.59. The van der Waals surface area contributed by atoms with E-state index in [2.05, 4.69) is 20.8 Å². The third kappa shape index (κ3) is 4.05. The Bertz CT molecular complexity index is 427. The molecule has 1 aromatic rings. The van der Waals surface area contributed by atoms with E-state index in [-0.39, 0.29) is 5.97 Å². The molecule has 0 aliphatic heterocycles. The highest BCUT2D eigenvalue weighted by Crippen LogP contribution is 2.18. The van der Waals surface area contributed by atoms with Crippen molar-refractivity contribution in [3.05, 3.63) is 28.6 Å². The SMILES string of the molecule is CCCc1nc(CCC)c(C(=O)OCC)cc1CC. The summed E-state index contributed by atoms with van der Waals surface area (Å²) in [4.78, 5) is 16.7. The molecule has 0 amide bonds. The van der Waals surface area contributed by atoms with Crippen LogP contribution in [0.2, 0.25) is 0 Å². The summed E-state index contributed by atoms with van der Waals surface area (Å²) in [5, 5.41) is 0. The minimum absolute atomic E-state index is 0.240. The van der Waals surface area contributed by atoms with E-state index in [9.17, 15) is 4.79 Å². The Kier molecular flexibility index (Phi) is 6.54. The molecule has 0 unspecified atom stereocenters. The highest BCUT2D eigenvalue weighted by molar-refractivity contribution is 5.90. The molecule has 0 aliphatic rings. The van der Waals surface area contributed by atoms with E-state index in [1.165, 1.54) is 5.56 Å². The van der Waals surface area contributed by atoms with Gasteiger partial charge in [-0.2, -0.15) is 0 Å². The zero-order valence-electron chi connectivity index (χ0n) is 12.6. The zero-order chi connectivity index (χ0) is 14.3. The molecule has 0 saturated carbocycles. The van der Waals surface area contributed by atoms with Gasteiger partial charge in [-0.25, -0.2) is 4.79 Å². The fourth-order valence-electron chi connectivity index (χ4n) is 2.21. The summed E-state index contributed by atoms with van der Waals surface area (Å²) >= 11 is 0. The molecule has 19 heavy (non-hydrogen) atoms. The number of carbonyl (C=O) groups excluding carboxylic acids is 1. The Balaban J connectivity index is 3.22. The number of ether oxygens (including phenoxy) is 1. The molecule has 1 heterocycles. The molecule has 0 radical (unpaired) electrons. The van der Waals surface area contributed by atoms with Crippen LogP contribution in [0.15, 0.2) is 6.07 Å². The second-order valence-corrected chi connectivity index (χ2v) is 4.66. The van der Waals surface area contributed by atoms with Gasteiger partial charge in [-0.1, -0.05) is 33.6 Å². The lowest BCUT2D eigenvalue weighted by atomic mass is 10.0. The number of nitrogens with zero attached hydrogens (tertiary/aromatic N) is 1. The average molecular weight is 263 g/mol. The summed E-state index contributed by atoms with van der Waals surface area (Å²) in [7, 11) is 0. The molecule has 0 bridgehead atoms. The van der Waals surface area contributed by atoms with Crippen molar-refractivity contribution in [3.8, 4) is 0 Å². The van der Waals surface area contributed by atoms with Crippen molar-refractivity contribution in [1.29, 1.82) is 0 Å². The van der Waals surface area contributed by atoms with Crippen LogP contribution in [-0.4, -0.2) is 17.6 Å². The fourth-order valence-corrected chi connectivity index (χ4v) is 2.21. The molecule has 0 atom stereocenters. The number of aromatic nitrogens is 1.